The summed E-state index contributed by atoms with van der Waals surface area (Å²) in [5.74, 6) is -0.0629. The van der Waals surface area contributed by atoms with Crippen LogP contribution in [0.25, 0.3) is 10.9 Å². The molecule has 3 aromatic rings. The number of anilines is 1. The molecule has 11 nitrogen and oxygen atoms in total. The van der Waals surface area contributed by atoms with Gasteiger partial charge >= 0.3 is 0 Å². The van der Waals surface area contributed by atoms with E-state index in [1.54, 1.807) is 7.05 Å². The molecule has 0 atom stereocenters. The second-order valence-electron chi connectivity index (χ2n) is 7.05. The van der Waals surface area contributed by atoms with Gasteiger partial charge in [-0.3, -0.25) is 20.0 Å². The Hall–Kier alpha value is -3.80. The van der Waals surface area contributed by atoms with Crippen LogP contribution in [0.2, 0.25) is 0 Å². The standard InChI is InChI=1S/C19H18N6O5S/c1-24-10-2-3-17(24)23-31(29,30)14-7-4-12(5-8-14)20-19(26)18-15-11-13(25(27)28)6-9-16(15)21-22-18/h4-9,11H,2-3,10H2,1H3,(H,20,26)(H,21,22)/b23-17+. The van der Waals surface area contributed by atoms with E-state index in [0.717, 1.165) is 13.0 Å². The van der Waals surface area contributed by atoms with Crippen molar-refractivity contribution in [1.29, 1.82) is 0 Å². The van der Waals surface area contributed by atoms with Gasteiger partial charge in [0.05, 0.1) is 15.3 Å². The first-order chi connectivity index (χ1) is 14.7. The number of sulfonamides is 1. The van der Waals surface area contributed by atoms with E-state index in [0.29, 0.717) is 28.8 Å². The third-order valence-corrected chi connectivity index (χ3v) is 6.26. The van der Waals surface area contributed by atoms with E-state index in [1.807, 2.05) is 4.90 Å². The number of likely N-dealkylation sites (tertiary alicyclic amines) is 1. The zero-order chi connectivity index (χ0) is 22.2. The molecule has 0 radical (unpaired) electrons. The Morgan fingerprint density at radius 2 is 2.00 bits per heavy atom. The van der Waals surface area contributed by atoms with Crippen LogP contribution in [0.3, 0.4) is 0 Å². The lowest BCUT2D eigenvalue weighted by Crippen LogP contribution is -2.20. The number of carbonyl (C=O) groups is 1. The first-order valence-corrected chi connectivity index (χ1v) is 10.8. The van der Waals surface area contributed by atoms with Crippen molar-refractivity contribution < 1.29 is 18.1 Å². The molecule has 2 aromatic carbocycles. The number of nitro groups is 1. The molecule has 1 aromatic heterocycles. The van der Waals surface area contributed by atoms with Crippen molar-refractivity contribution in [2.75, 3.05) is 18.9 Å². The van der Waals surface area contributed by atoms with Gasteiger partial charge in [-0.15, -0.1) is 4.40 Å². The molecule has 2 heterocycles. The molecule has 0 spiro atoms. The zero-order valence-corrected chi connectivity index (χ0v) is 17.2. The van der Waals surface area contributed by atoms with Crippen molar-refractivity contribution in [3.63, 3.8) is 0 Å². The van der Waals surface area contributed by atoms with Gasteiger partial charge in [0.2, 0.25) is 0 Å². The number of carbonyl (C=O) groups excluding carboxylic acids is 1. The number of aromatic amines is 1. The van der Waals surface area contributed by atoms with E-state index >= 15 is 0 Å². The average Bonchev–Trinajstić information content (AvgIpc) is 3.33. The smallest absolute Gasteiger partial charge is 0.283 e. The Morgan fingerprint density at radius 3 is 2.65 bits per heavy atom. The number of rotatable bonds is 5. The van der Waals surface area contributed by atoms with Crippen molar-refractivity contribution in [3.05, 3.63) is 58.3 Å². The molecular formula is C19H18N6O5S. The van der Waals surface area contributed by atoms with Crippen LogP contribution in [0.5, 0.6) is 0 Å². The molecule has 0 aliphatic carbocycles. The van der Waals surface area contributed by atoms with E-state index < -0.39 is 20.9 Å². The van der Waals surface area contributed by atoms with Crippen molar-refractivity contribution in [2.24, 2.45) is 4.40 Å². The van der Waals surface area contributed by atoms with Gasteiger partial charge in [-0.2, -0.15) is 13.5 Å². The van der Waals surface area contributed by atoms with Gasteiger partial charge in [0, 0.05) is 43.2 Å². The van der Waals surface area contributed by atoms with Gasteiger partial charge < -0.3 is 10.2 Å². The normalized spacial score (nSPS) is 15.5. The van der Waals surface area contributed by atoms with Crippen molar-refractivity contribution in [1.82, 2.24) is 15.1 Å². The minimum absolute atomic E-state index is 0.00827. The molecule has 1 aliphatic heterocycles. The molecule has 2 N–H and O–H groups in total. The lowest BCUT2D eigenvalue weighted by Gasteiger charge is -2.11. The number of amides is 1. The van der Waals surface area contributed by atoms with Crippen molar-refractivity contribution in [3.8, 4) is 0 Å². The maximum Gasteiger partial charge on any atom is 0.283 e. The molecular weight excluding hydrogens is 424 g/mol. The number of fused-ring (bicyclic) bond motifs is 1. The molecule has 0 bridgehead atoms. The third-order valence-electron chi connectivity index (χ3n) is 4.94. The van der Waals surface area contributed by atoms with Crippen LogP contribution in [0.1, 0.15) is 23.3 Å². The maximum absolute atomic E-state index is 12.6. The van der Waals surface area contributed by atoms with Crippen LogP contribution in [0.4, 0.5) is 11.4 Å². The number of nitrogens with one attached hydrogen (secondary N) is 2. The molecule has 0 saturated carbocycles. The van der Waals surface area contributed by atoms with Gasteiger partial charge in [-0.05, 0) is 36.8 Å². The second-order valence-corrected chi connectivity index (χ2v) is 8.65. The number of aromatic nitrogens is 2. The summed E-state index contributed by atoms with van der Waals surface area (Å²) < 4.78 is 28.9. The SMILES string of the molecule is CN1CCC/C1=N\S(=O)(=O)c1ccc(NC(=O)c2n[nH]c3ccc([N+](=O)[O-])cc23)cc1. The highest BCUT2D eigenvalue weighted by atomic mass is 32.2. The summed E-state index contributed by atoms with van der Waals surface area (Å²) in [5, 5.41) is 20.5. The van der Waals surface area contributed by atoms with Gasteiger partial charge in [0.1, 0.15) is 5.84 Å². The second kappa shape index (κ2) is 7.80. The van der Waals surface area contributed by atoms with Gasteiger partial charge in [0.25, 0.3) is 21.6 Å². The Balaban J connectivity index is 1.54. The monoisotopic (exact) mass is 442 g/mol. The first kappa shape index (κ1) is 20.5. The fourth-order valence-corrected chi connectivity index (χ4v) is 4.38. The summed E-state index contributed by atoms with van der Waals surface area (Å²) in [6.45, 7) is 0.768. The highest BCUT2D eigenvalue weighted by molar-refractivity contribution is 7.90. The molecule has 1 aliphatic rings. The summed E-state index contributed by atoms with van der Waals surface area (Å²) in [7, 11) is -2.06. The van der Waals surface area contributed by atoms with Crippen LogP contribution < -0.4 is 5.32 Å². The molecule has 0 unspecified atom stereocenters. The summed E-state index contributed by atoms with van der Waals surface area (Å²) in [5.41, 5.74) is 0.655. The highest BCUT2D eigenvalue weighted by Crippen LogP contribution is 2.24. The van der Waals surface area contributed by atoms with Crippen molar-refractivity contribution >= 4 is 44.0 Å². The lowest BCUT2D eigenvalue weighted by atomic mass is 10.2. The van der Waals surface area contributed by atoms with E-state index in [4.69, 9.17) is 0 Å². The van der Waals surface area contributed by atoms with Crippen LogP contribution >= 0.6 is 0 Å². The number of hydrogen-bond donors (Lipinski definition) is 2. The Labute approximate surface area is 177 Å². The number of benzene rings is 2. The topological polar surface area (TPSA) is 151 Å². The first-order valence-electron chi connectivity index (χ1n) is 9.33. The van der Waals surface area contributed by atoms with Gasteiger partial charge in [-0.25, -0.2) is 0 Å². The van der Waals surface area contributed by atoms with Crippen LogP contribution in [-0.2, 0) is 10.0 Å². The van der Waals surface area contributed by atoms with Crippen molar-refractivity contribution in [2.45, 2.75) is 17.7 Å². The average molecular weight is 442 g/mol. The van der Waals surface area contributed by atoms with Gasteiger partial charge in [0.15, 0.2) is 5.69 Å². The Morgan fingerprint density at radius 1 is 1.26 bits per heavy atom. The Kier molecular flexibility index (Phi) is 5.15. The molecule has 160 valence electrons. The van der Waals surface area contributed by atoms with E-state index in [2.05, 4.69) is 19.9 Å². The summed E-state index contributed by atoms with van der Waals surface area (Å²) in [6, 6.07) is 9.66. The van der Waals surface area contributed by atoms with Crippen LogP contribution in [0.15, 0.2) is 51.8 Å². The maximum atomic E-state index is 12.6. The zero-order valence-electron chi connectivity index (χ0n) is 16.4. The number of non-ortho nitro benzene ring substituents is 1. The largest absolute Gasteiger partial charge is 0.362 e. The minimum Gasteiger partial charge on any atom is -0.362 e. The van der Waals surface area contributed by atoms with E-state index in [9.17, 15) is 23.3 Å². The molecule has 1 fully saturated rings. The van der Waals surface area contributed by atoms with Crippen LogP contribution in [0, 0.1) is 10.1 Å². The number of nitro benzene ring substituents is 1. The molecule has 1 saturated heterocycles. The summed E-state index contributed by atoms with van der Waals surface area (Å²) in [6.07, 6.45) is 1.47. The van der Waals surface area contributed by atoms with E-state index in [1.165, 1.54) is 42.5 Å². The molecule has 31 heavy (non-hydrogen) atoms. The lowest BCUT2D eigenvalue weighted by molar-refractivity contribution is -0.384. The molecule has 1 amide bonds. The van der Waals surface area contributed by atoms with Gasteiger partial charge in [-0.1, -0.05) is 0 Å². The predicted octanol–water partition coefficient (Wildman–Crippen LogP) is 2.54. The summed E-state index contributed by atoms with van der Waals surface area (Å²) in [4.78, 5) is 24.9. The molecule has 4 rings (SSSR count). The number of H-pyrrole nitrogens is 1. The third kappa shape index (κ3) is 4.10. The predicted molar refractivity (Wildman–Crippen MR) is 114 cm³/mol. The number of amidine groups is 1. The fourth-order valence-electron chi connectivity index (χ4n) is 3.29. The number of nitrogens with zero attached hydrogens (tertiary/aromatic N) is 4. The summed E-state index contributed by atoms with van der Waals surface area (Å²) >= 11 is 0. The minimum atomic E-state index is -3.85. The Bertz CT molecular complexity index is 1310. The van der Waals surface area contributed by atoms with E-state index in [-0.39, 0.29) is 16.3 Å². The molecule has 12 heteroatoms. The highest BCUT2D eigenvalue weighted by Gasteiger charge is 2.21. The van der Waals surface area contributed by atoms with Crippen LogP contribution in [-0.4, -0.2) is 53.8 Å². The number of hydrogen-bond acceptors (Lipinski definition) is 6. The fraction of sp³-hybridized carbons (Fsp3) is 0.211. The quantitative estimate of drug-likeness (QED) is 0.455.